The van der Waals surface area contributed by atoms with Gasteiger partial charge in [-0.05, 0) is 60.9 Å². The second-order valence-corrected chi connectivity index (χ2v) is 10.1. The molecule has 1 saturated heterocycles. The van der Waals surface area contributed by atoms with E-state index in [0.29, 0.717) is 17.9 Å². The SMILES string of the molecule is C[C@@H]1C=CC[C@H]2C(=O)N(N(CC(=O)c3ccc(Oc4ccc([N+](=O)[O-])cc4)cc3)C(=O)c3ccc([N+](=O)[O-])cc3)C(=O)[C@@H]12. The van der Waals surface area contributed by atoms with Crippen LogP contribution in [0.25, 0.3) is 0 Å². The summed E-state index contributed by atoms with van der Waals surface area (Å²) in [5, 5.41) is 23.5. The van der Waals surface area contributed by atoms with Gasteiger partial charge in [0, 0.05) is 35.4 Å². The molecule has 5 rings (SSSR count). The zero-order chi connectivity index (χ0) is 30.8. The van der Waals surface area contributed by atoms with Crippen LogP contribution < -0.4 is 4.74 Å². The maximum Gasteiger partial charge on any atom is 0.273 e. The second kappa shape index (κ2) is 11.6. The number of imide groups is 1. The summed E-state index contributed by atoms with van der Waals surface area (Å²) in [5.41, 5.74) is -0.244. The molecule has 13 nitrogen and oxygen atoms in total. The van der Waals surface area contributed by atoms with Gasteiger partial charge in [-0.25, -0.2) is 5.01 Å². The summed E-state index contributed by atoms with van der Waals surface area (Å²) >= 11 is 0. The molecule has 3 atom stereocenters. The number of rotatable bonds is 9. The number of amides is 3. The lowest BCUT2D eigenvalue weighted by molar-refractivity contribution is -0.385. The molecule has 1 heterocycles. The Bertz CT molecular complexity index is 1650. The molecule has 13 heteroatoms. The van der Waals surface area contributed by atoms with Crippen molar-refractivity contribution in [3.63, 3.8) is 0 Å². The van der Waals surface area contributed by atoms with Crippen molar-refractivity contribution >= 4 is 34.9 Å². The second-order valence-electron chi connectivity index (χ2n) is 10.1. The highest BCUT2D eigenvalue weighted by Crippen LogP contribution is 2.39. The number of allylic oxidation sites excluding steroid dienone is 2. The Kier molecular flexibility index (Phi) is 7.80. The molecule has 0 N–H and O–H groups in total. The van der Waals surface area contributed by atoms with Crippen molar-refractivity contribution in [1.82, 2.24) is 10.0 Å². The zero-order valence-corrected chi connectivity index (χ0v) is 22.7. The Balaban J connectivity index is 1.39. The van der Waals surface area contributed by atoms with Crippen molar-refractivity contribution in [2.24, 2.45) is 17.8 Å². The maximum atomic E-state index is 13.7. The van der Waals surface area contributed by atoms with Gasteiger partial charge in [0.2, 0.25) is 0 Å². The summed E-state index contributed by atoms with van der Waals surface area (Å²) in [7, 11) is 0. The monoisotopic (exact) mass is 584 g/mol. The lowest BCUT2D eigenvalue weighted by atomic mass is 9.78. The predicted molar refractivity (Wildman–Crippen MR) is 150 cm³/mol. The Labute approximate surface area is 244 Å². The largest absolute Gasteiger partial charge is 0.457 e. The Morgan fingerprint density at radius 2 is 1.35 bits per heavy atom. The van der Waals surface area contributed by atoms with Crippen LogP contribution in [0.15, 0.2) is 84.9 Å². The van der Waals surface area contributed by atoms with Gasteiger partial charge < -0.3 is 4.74 Å². The number of ketones is 1. The molecule has 43 heavy (non-hydrogen) atoms. The number of benzene rings is 3. The highest BCUT2D eigenvalue weighted by Gasteiger charge is 2.53. The lowest BCUT2D eigenvalue weighted by Gasteiger charge is -2.30. The number of nitro groups is 2. The van der Waals surface area contributed by atoms with Gasteiger partial charge >= 0.3 is 0 Å². The first-order valence-corrected chi connectivity index (χ1v) is 13.2. The van der Waals surface area contributed by atoms with E-state index >= 15 is 0 Å². The summed E-state index contributed by atoms with van der Waals surface area (Å²) < 4.78 is 5.68. The molecule has 0 radical (unpaired) electrons. The van der Waals surface area contributed by atoms with Gasteiger partial charge in [-0.3, -0.25) is 39.4 Å². The number of nitro benzene ring substituents is 2. The van der Waals surface area contributed by atoms with E-state index in [1.54, 1.807) is 6.92 Å². The summed E-state index contributed by atoms with van der Waals surface area (Å²) in [6.07, 6.45) is 3.97. The molecule has 3 amide bonds. The number of ether oxygens (including phenoxy) is 1. The molecule has 0 spiro atoms. The average molecular weight is 585 g/mol. The van der Waals surface area contributed by atoms with E-state index in [4.69, 9.17) is 4.74 Å². The van der Waals surface area contributed by atoms with Gasteiger partial charge in [-0.15, -0.1) is 0 Å². The van der Waals surface area contributed by atoms with Crippen molar-refractivity contribution in [3.05, 3.63) is 116 Å². The van der Waals surface area contributed by atoms with E-state index in [0.717, 1.165) is 22.2 Å². The minimum atomic E-state index is -0.845. The van der Waals surface area contributed by atoms with E-state index < -0.39 is 51.7 Å². The number of fused-ring (bicyclic) bond motifs is 1. The van der Waals surface area contributed by atoms with Crippen LogP contribution in [0, 0.1) is 38.0 Å². The van der Waals surface area contributed by atoms with Gasteiger partial charge in [0.05, 0.1) is 21.7 Å². The molecule has 1 aliphatic heterocycles. The molecule has 1 fully saturated rings. The summed E-state index contributed by atoms with van der Waals surface area (Å²) in [6, 6.07) is 15.9. The van der Waals surface area contributed by atoms with E-state index in [1.807, 2.05) is 12.2 Å². The first-order chi connectivity index (χ1) is 20.5. The molecular formula is C30H24N4O9. The standard InChI is InChI=1S/C30H24N4O9/c1-18-3-2-4-25-27(18)30(38)32(29(25)37)31(28(36)20-5-9-21(10-6-20)33(39)40)17-26(35)19-7-13-23(14-8-19)43-24-15-11-22(12-16-24)34(41)42/h2-3,5-16,18,25,27H,4,17H2,1H3/t18-,25-,27+/m1/s1. The van der Waals surface area contributed by atoms with Crippen molar-refractivity contribution < 1.29 is 33.8 Å². The molecule has 2 aliphatic rings. The highest BCUT2D eigenvalue weighted by atomic mass is 16.6. The van der Waals surface area contributed by atoms with Gasteiger partial charge in [0.15, 0.2) is 5.78 Å². The Morgan fingerprint density at radius 1 is 0.837 bits per heavy atom. The van der Waals surface area contributed by atoms with Crippen LogP contribution in [0.2, 0.25) is 0 Å². The number of hydrazine groups is 1. The van der Waals surface area contributed by atoms with Crippen LogP contribution in [-0.4, -0.2) is 49.9 Å². The van der Waals surface area contributed by atoms with E-state index in [1.165, 1.54) is 60.7 Å². The third-order valence-corrected chi connectivity index (χ3v) is 7.40. The van der Waals surface area contributed by atoms with E-state index in [9.17, 15) is 39.4 Å². The number of carbonyl (C=O) groups is 4. The summed E-state index contributed by atoms with van der Waals surface area (Å²) in [4.78, 5) is 74.8. The third-order valence-electron chi connectivity index (χ3n) is 7.40. The number of nitrogens with zero attached hydrogens (tertiary/aromatic N) is 4. The topological polar surface area (TPSA) is 170 Å². The highest BCUT2D eigenvalue weighted by molar-refractivity contribution is 6.10. The third kappa shape index (κ3) is 5.73. The fourth-order valence-electron chi connectivity index (χ4n) is 5.19. The molecule has 1 aliphatic carbocycles. The van der Waals surface area contributed by atoms with Crippen molar-refractivity contribution in [2.45, 2.75) is 13.3 Å². The molecule has 3 aromatic carbocycles. The number of hydrogen-bond donors (Lipinski definition) is 0. The molecule has 0 bridgehead atoms. The molecule has 0 saturated carbocycles. The zero-order valence-electron chi connectivity index (χ0n) is 22.7. The number of Topliss-reactive ketones (excluding diaryl/α,β-unsaturated/α-hetero) is 1. The first kappa shape index (κ1) is 28.8. The number of hydrogen-bond acceptors (Lipinski definition) is 9. The summed E-state index contributed by atoms with van der Waals surface area (Å²) in [6.45, 7) is 1.15. The molecule has 218 valence electrons. The van der Waals surface area contributed by atoms with Gasteiger partial charge in [-0.2, -0.15) is 5.01 Å². The average Bonchev–Trinajstić information content (AvgIpc) is 3.26. The lowest BCUT2D eigenvalue weighted by Crippen LogP contribution is -2.52. The minimum absolute atomic E-state index is 0.0492. The van der Waals surface area contributed by atoms with Crippen molar-refractivity contribution in [2.75, 3.05) is 6.54 Å². The quantitative estimate of drug-likeness (QED) is 0.113. The van der Waals surface area contributed by atoms with Gasteiger partial charge in [0.25, 0.3) is 29.1 Å². The molecular weight excluding hydrogens is 560 g/mol. The fourth-order valence-corrected chi connectivity index (χ4v) is 5.19. The minimum Gasteiger partial charge on any atom is -0.457 e. The Morgan fingerprint density at radius 3 is 1.88 bits per heavy atom. The van der Waals surface area contributed by atoms with Crippen LogP contribution in [0.1, 0.15) is 34.1 Å². The predicted octanol–water partition coefficient (Wildman–Crippen LogP) is 4.73. The van der Waals surface area contributed by atoms with Crippen LogP contribution in [0.5, 0.6) is 11.5 Å². The molecule has 0 aromatic heterocycles. The van der Waals surface area contributed by atoms with Crippen LogP contribution in [-0.2, 0) is 9.59 Å². The fraction of sp³-hybridized carbons (Fsp3) is 0.200. The van der Waals surface area contributed by atoms with Crippen molar-refractivity contribution in [3.8, 4) is 11.5 Å². The Hall–Kier alpha value is -5.72. The van der Waals surface area contributed by atoms with Gasteiger partial charge in [0.1, 0.15) is 18.0 Å². The number of non-ortho nitro benzene ring substituents is 2. The molecule has 0 unspecified atom stereocenters. The normalized spacial score (nSPS) is 19.1. The van der Waals surface area contributed by atoms with Crippen molar-refractivity contribution in [1.29, 1.82) is 0 Å². The van der Waals surface area contributed by atoms with E-state index in [2.05, 4.69) is 0 Å². The van der Waals surface area contributed by atoms with Crippen LogP contribution in [0.3, 0.4) is 0 Å². The summed E-state index contributed by atoms with van der Waals surface area (Å²) in [5.74, 6) is -3.57. The molecule has 3 aromatic rings. The van der Waals surface area contributed by atoms with Crippen LogP contribution >= 0.6 is 0 Å². The van der Waals surface area contributed by atoms with Gasteiger partial charge in [-0.1, -0.05) is 19.1 Å². The van der Waals surface area contributed by atoms with Crippen LogP contribution in [0.4, 0.5) is 11.4 Å². The first-order valence-electron chi connectivity index (χ1n) is 13.2. The maximum absolute atomic E-state index is 13.7. The number of carbonyl (C=O) groups excluding carboxylic acids is 4. The smallest absolute Gasteiger partial charge is 0.273 e. The van der Waals surface area contributed by atoms with E-state index in [-0.39, 0.29) is 28.4 Å².